The molecule has 0 atom stereocenters. The Morgan fingerprint density at radius 3 is 2.53 bits per heavy atom. The number of nitrogens with zero attached hydrogens (tertiary/aromatic N) is 1. The van der Waals surface area contributed by atoms with Crippen LogP contribution in [0.2, 0.25) is 0 Å². The smallest absolute Gasteiger partial charge is 0.387 e. The van der Waals surface area contributed by atoms with Crippen LogP contribution in [-0.4, -0.2) is 11.5 Å². The minimum Gasteiger partial charge on any atom is -0.425 e. The number of nitrogens with two attached hydrogens (primary N) is 1. The fourth-order valence-electron chi connectivity index (χ4n) is 0.953. The first-order valence-electron chi connectivity index (χ1n) is 3.60. The number of alkyl halides is 2. The molecule has 0 saturated carbocycles. The summed E-state index contributed by atoms with van der Waals surface area (Å²) in [6, 6.07) is 1.11. The molecule has 0 fully saturated rings. The Kier molecular flexibility index (Phi) is 2.98. The summed E-state index contributed by atoms with van der Waals surface area (Å²) < 4.78 is 40.2. The van der Waals surface area contributed by atoms with Gasteiger partial charge in [0.25, 0.3) is 0 Å². The van der Waals surface area contributed by atoms with E-state index in [-0.39, 0.29) is 0 Å². The van der Waals surface area contributed by atoms with Crippen molar-refractivity contribution in [2.24, 2.45) is 0 Å². The number of anilines is 1. The fraction of sp³-hybridized carbons (Fsp3) is 0.143. The summed E-state index contributed by atoms with van der Waals surface area (Å²) in [6.45, 7) is -3.27. The monoisotopic (exact) mass is 222 g/mol. The van der Waals surface area contributed by atoms with Crippen molar-refractivity contribution in [1.29, 1.82) is 0 Å². The number of nitrogen functional groups attached to an aromatic ring is 1. The third-order valence-corrected chi connectivity index (χ3v) is 1.47. The van der Waals surface area contributed by atoms with Gasteiger partial charge in [0.15, 0.2) is 0 Å². The summed E-state index contributed by atoms with van der Waals surface area (Å²) in [5.74, 6) is -1.84. The molecule has 2 N–H and O–H groups in total. The average Bonchev–Trinajstić information content (AvgIpc) is 2.08. The molecule has 0 aliphatic rings. The Morgan fingerprint density at radius 1 is 1.47 bits per heavy atom. The average molecular weight is 222 g/mol. The van der Waals surface area contributed by atoms with Crippen molar-refractivity contribution in [1.82, 2.24) is 0 Å². The molecule has 8 heteroatoms. The van der Waals surface area contributed by atoms with Gasteiger partial charge in [0, 0.05) is 6.07 Å². The van der Waals surface area contributed by atoms with Gasteiger partial charge >= 0.3 is 12.3 Å². The molecule has 0 saturated heterocycles. The Balaban J connectivity index is 3.27. The molecule has 1 rings (SSSR count). The highest BCUT2D eigenvalue weighted by Gasteiger charge is 2.23. The van der Waals surface area contributed by atoms with Crippen LogP contribution in [0.25, 0.3) is 0 Å². The highest BCUT2D eigenvalue weighted by Crippen LogP contribution is 2.35. The van der Waals surface area contributed by atoms with E-state index in [9.17, 15) is 23.3 Å². The number of ether oxygens (including phenoxy) is 1. The summed E-state index contributed by atoms with van der Waals surface area (Å²) in [7, 11) is 0. The first-order valence-corrected chi connectivity index (χ1v) is 3.60. The molecule has 0 aliphatic heterocycles. The highest BCUT2D eigenvalue weighted by atomic mass is 19.3. The number of hydrogen-bond donors (Lipinski definition) is 1. The molecule has 0 spiro atoms. The lowest BCUT2D eigenvalue weighted by Gasteiger charge is -2.07. The SMILES string of the molecule is Nc1cc(F)cc([N+](=O)[O-])c1OC(F)F. The van der Waals surface area contributed by atoms with E-state index < -0.39 is 34.5 Å². The lowest BCUT2D eigenvalue weighted by Crippen LogP contribution is -2.07. The summed E-state index contributed by atoms with van der Waals surface area (Å²) in [6.07, 6.45) is 0. The topological polar surface area (TPSA) is 78.4 Å². The normalized spacial score (nSPS) is 10.4. The molecule has 82 valence electrons. The Hall–Kier alpha value is -1.99. The van der Waals surface area contributed by atoms with Crippen molar-refractivity contribution in [3.8, 4) is 5.75 Å². The number of nitro groups is 1. The van der Waals surface area contributed by atoms with E-state index in [1.165, 1.54) is 0 Å². The van der Waals surface area contributed by atoms with Gasteiger partial charge in [-0.25, -0.2) is 4.39 Å². The van der Waals surface area contributed by atoms with E-state index in [0.717, 1.165) is 0 Å². The van der Waals surface area contributed by atoms with Crippen LogP contribution in [0.15, 0.2) is 12.1 Å². The minimum atomic E-state index is -3.27. The third-order valence-electron chi connectivity index (χ3n) is 1.47. The van der Waals surface area contributed by atoms with E-state index in [1.54, 1.807) is 0 Å². The van der Waals surface area contributed by atoms with Crippen LogP contribution < -0.4 is 10.5 Å². The van der Waals surface area contributed by atoms with Crippen molar-refractivity contribution in [3.05, 3.63) is 28.1 Å². The predicted molar refractivity (Wildman–Crippen MR) is 44.1 cm³/mol. The number of benzene rings is 1. The zero-order valence-corrected chi connectivity index (χ0v) is 7.12. The van der Waals surface area contributed by atoms with Gasteiger partial charge in [-0.2, -0.15) is 8.78 Å². The van der Waals surface area contributed by atoms with Gasteiger partial charge in [-0.15, -0.1) is 0 Å². The van der Waals surface area contributed by atoms with Crippen molar-refractivity contribution in [3.63, 3.8) is 0 Å². The Morgan fingerprint density at radius 2 is 2.07 bits per heavy atom. The Bertz CT molecular complexity index is 397. The second-order valence-electron chi connectivity index (χ2n) is 2.48. The zero-order chi connectivity index (χ0) is 11.6. The third kappa shape index (κ3) is 2.48. The van der Waals surface area contributed by atoms with Crippen LogP contribution in [0.1, 0.15) is 0 Å². The first-order chi connectivity index (χ1) is 6.91. The molecule has 5 nitrogen and oxygen atoms in total. The maximum absolute atomic E-state index is 12.7. The van der Waals surface area contributed by atoms with Gasteiger partial charge in [-0.05, 0) is 0 Å². The first kappa shape index (κ1) is 11.1. The fourth-order valence-corrected chi connectivity index (χ4v) is 0.953. The van der Waals surface area contributed by atoms with Gasteiger partial charge in [0.1, 0.15) is 5.82 Å². The molecule has 0 bridgehead atoms. The van der Waals surface area contributed by atoms with Crippen molar-refractivity contribution in [2.75, 3.05) is 5.73 Å². The molecule has 1 aromatic rings. The summed E-state index contributed by atoms with van der Waals surface area (Å²) in [5, 5.41) is 10.4. The van der Waals surface area contributed by atoms with Crippen molar-refractivity contribution < 1.29 is 22.8 Å². The van der Waals surface area contributed by atoms with E-state index in [1.807, 2.05) is 0 Å². The van der Waals surface area contributed by atoms with Gasteiger partial charge in [0.05, 0.1) is 16.7 Å². The molecular weight excluding hydrogens is 217 g/mol. The van der Waals surface area contributed by atoms with Crippen LogP contribution in [0.5, 0.6) is 5.75 Å². The maximum Gasteiger partial charge on any atom is 0.387 e. The molecular formula is C7H5F3N2O3. The second-order valence-corrected chi connectivity index (χ2v) is 2.48. The Labute approximate surface area is 81.4 Å². The number of halogens is 3. The molecule has 0 heterocycles. The molecule has 0 aliphatic carbocycles. The minimum absolute atomic E-state index is 0.452. The highest BCUT2D eigenvalue weighted by molar-refractivity contribution is 5.63. The van der Waals surface area contributed by atoms with Crippen LogP contribution in [0.4, 0.5) is 24.5 Å². The van der Waals surface area contributed by atoms with Gasteiger partial charge in [-0.1, -0.05) is 0 Å². The number of rotatable bonds is 3. The van der Waals surface area contributed by atoms with E-state index >= 15 is 0 Å². The summed E-state index contributed by atoms with van der Waals surface area (Å²) in [5.41, 5.74) is 3.61. The lowest BCUT2D eigenvalue weighted by molar-refractivity contribution is -0.386. The van der Waals surface area contributed by atoms with E-state index in [4.69, 9.17) is 5.73 Å². The van der Waals surface area contributed by atoms with Gasteiger partial charge < -0.3 is 10.5 Å². The van der Waals surface area contributed by atoms with Gasteiger partial charge in [0.2, 0.25) is 5.75 Å². The molecule has 1 aromatic carbocycles. The predicted octanol–water partition coefficient (Wildman–Crippen LogP) is 1.92. The quantitative estimate of drug-likeness (QED) is 0.481. The largest absolute Gasteiger partial charge is 0.425 e. The molecule has 0 amide bonds. The van der Waals surface area contributed by atoms with E-state index in [2.05, 4.69) is 4.74 Å². The zero-order valence-electron chi connectivity index (χ0n) is 7.12. The molecule has 0 unspecified atom stereocenters. The molecule has 0 radical (unpaired) electrons. The maximum atomic E-state index is 12.7. The van der Waals surface area contributed by atoms with Crippen LogP contribution >= 0.6 is 0 Å². The molecule has 15 heavy (non-hydrogen) atoms. The summed E-state index contributed by atoms with van der Waals surface area (Å²) in [4.78, 5) is 9.31. The van der Waals surface area contributed by atoms with E-state index in [0.29, 0.717) is 12.1 Å². The van der Waals surface area contributed by atoms with Crippen LogP contribution in [0.3, 0.4) is 0 Å². The van der Waals surface area contributed by atoms with Crippen LogP contribution in [-0.2, 0) is 0 Å². The second kappa shape index (κ2) is 4.03. The number of nitro benzene ring substituents is 1. The summed E-state index contributed by atoms with van der Waals surface area (Å²) >= 11 is 0. The van der Waals surface area contributed by atoms with Crippen LogP contribution in [0, 0.1) is 15.9 Å². The van der Waals surface area contributed by atoms with Crippen molar-refractivity contribution >= 4 is 11.4 Å². The number of hydrogen-bond acceptors (Lipinski definition) is 4. The molecule has 0 aromatic heterocycles. The van der Waals surface area contributed by atoms with Gasteiger partial charge in [-0.3, -0.25) is 10.1 Å². The van der Waals surface area contributed by atoms with Crippen molar-refractivity contribution in [2.45, 2.75) is 6.61 Å². The standard InChI is InChI=1S/C7H5F3N2O3/c8-3-1-4(11)6(15-7(9)10)5(2-3)12(13)14/h1-2,7H,11H2. The lowest BCUT2D eigenvalue weighted by atomic mass is 10.2.